The summed E-state index contributed by atoms with van der Waals surface area (Å²) in [5.41, 5.74) is 0. The van der Waals surface area contributed by atoms with Gasteiger partial charge in [0.15, 0.2) is 0 Å². The first kappa shape index (κ1) is 17.1. The number of aromatic nitrogens is 2. The first-order valence-electron chi connectivity index (χ1n) is 9.20. The zero-order valence-electron chi connectivity index (χ0n) is 14.3. The van der Waals surface area contributed by atoms with Gasteiger partial charge in [0.05, 0.1) is 19.3 Å². The normalized spacial score (nSPS) is 22.9. The molecule has 1 atom stereocenters. The number of likely N-dealkylation sites (tertiary alicyclic amines) is 1. The number of hydrogen-bond donors (Lipinski definition) is 1. The highest BCUT2D eigenvalue weighted by atomic mass is 16.5. The molecule has 1 saturated carbocycles. The predicted molar refractivity (Wildman–Crippen MR) is 91.7 cm³/mol. The minimum atomic E-state index is 0.178. The van der Waals surface area contributed by atoms with Crippen LogP contribution in [0, 0.1) is 5.92 Å². The van der Waals surface area contributed by atoms with E-state index >= 15 is 0 Å². The smallest absolute Gasteiger partial charge is 0.234 e. The molecule has 6 heteroatoms. The summed E-state index contributed by atoms with van der Waals surface area (Å²) in [4.78, 5) is 22.7. The second kappa shape index (κ2) is 8.97. The van der Waals surface area contributed by atoms with Crippen LogP contribution >= 0.6 is 0 Å². The predicted octanol–water partition coefficient (Wildman–Crippen LogP) is 2.02. The minimum absolute atomic E-state index is 0.178. The van der Waals surface area contributed by atoms with Gasteiger partial charge < -0.3 is 10.1 Å². The van der Waals surface area contributed by atoms with Crippen molar-refractivity contribution in [1.29, 1.82) is 0 Å². The Balaban J connectivity index is 1.39. The number of amides is 1. The van der Waals surface area contributed by atoms with Crippen LogP contribution in [-0.4, -0.2) is 53.1 Å². The molecule has 1 saturated heterocycles. The van der Waals surface area contributed by atoms with Crippen molar-refractivity contribution in [3.8, 4) is 5.88 Å². The molecule has 2 fully saturated rings. The molecule has 1 aliphatic carbocycles. The number of nitrogens with one attached hydrogen (secondary N) is 1. The SMILES string of the molecule is O=C(CN1CCCC(COc2cnccn2)C1)NC1CCCCC1. The van der Waals surface area contributed by atoms with Crippen LogP contribution in [0.4, 0.5) is 0 Å². The summed E-state index contributed by atoms with van der Waals surface area (Å²) in [5.74, 6) is 1.20. The zero-order chi connectivity index (χ0) is 16.6. The van der Waals surface area contributed by atoms with Gasteiger partial charge in [0.2, 0.25) is 11.8 Å². The second-order valence-electron chi connectivity index (χ2n) is 7.00. The summed E-state index contributed by atoms with van der Waals surface area (Å²) in [5, 5.41) is 3.21. The van der Waals surface area contributed by atoms with Crippen LogP contribution in [0.3, 0.4) is 0 Å². The third kappa shape index (κ3) is 5.44. The Morgan fingerprint density at radius 1 is 1.21 bits per heavy atom. The van der Waals surface area contributed by atoms with Crippen molar-refractivity contribution in [3.63, 3.8) is 0 Å². The van der Waals surface area contributed by atoms with E-state index in [1.54, 1.807) is 18.6 Å². The molecule has 0 radical (unpaired) electrons. The van der Waals surface area contributed by atoms with E-state index in [9.17, 15) is 4.79 Å². The van der Waals surface area contributed by atoms with E-state index < -0.39 is 0 Å². The summed E-state index contributed by atoms with van der Waals surface area (Å²) < 4.78 is 5.72. The number of rotatable bonds is 6. The number of piperidine rings is 1. The third-order valence-corrected chi connectivity index (χ3v) is 4.95. The number of ether oxygens (including phenoxy) is 1. The van der Waals surface area contributed by atoms with Gasteiger partial charge in [0.1, 0.15) is 0 Å². The number of carbonyl (C=O) groups is 1. The lowest BCUT2D eigenvalue weighted by molar-refractivity contribution is -0.123. The van der Waals surface area contributed by atoms with Crippen LogP contribution in [0.5, 0.6) is 5.88 Å². The van der Waals surface area contributed by atoms with E-state index in [2.05, 4.69) is 20.2 Å². The molecule has 3 rings (SSSR count). The van der Waals surface area contributed by atoms with E-state index in [1.807, 2.05) is 0 Å². The lowest BCUT2D eigenvalue weighted by atomic mass is 9.95. The molecule has 2 aliphatic rings. The van der Waals surface area contributed by atoms with Crippen molar-refractivity contribution in [2.75, 3.05) is 26.2 Å². The molecule has 24 heavy (non-hydrogen) atoms. The summed E-state index contributed by atoms with van der Waals surface area (Å²) in [7, 11) is 0. The maximum absolute atomic E-state index is 12.3. The summed E-state index contributed by atoms with van der Waals surface area (Å²) >= 11 is 0. The topological polar surface area (TPSA) is 67.4 Å². The molecule has 1 aromatic rings. The Morgan fingerprint density at radius 3 is 2.88 bits per heavy atom. The molecule has 132 valence electrons. The van der Waals surface area contributed by atoms with E-state index in [0.717, 1.165) is 38.8 Å². The maximum Gasteiger partial charge on any atom is 0.234 e. The number of carbonyl (C=O) groups excluding carboxylic acids is 1. The van der Waals surface area contributed by atoms with Gasteiger partial charge in [-0.3, -0.25) is 14.7 Å². The molecule has 1 aromatic heterocycles. The fourth-order valence-corrected chi connectivity index (χ4v) is 3.72. The van der Waals surface area contributed by atoms with E-state index in [-0.39, 0.29) is 5.91 Å². The lowest BCUT2D eigenvalue weighted by Crippen LogP contribution is -2.46. The maximum atomic E-state index is 12.3. The fourth-order valence-electron chi connectivity index (χ4n) is 3.72. The summed E-state index contributed by atoms with van der Waals surface area (Å²) in [6, 6.07) is 0.395. The van der Waals surface area contributed by atoms with Crippen molar-refractivity contribution < 1.29 is 9.53 Å². The van der Waals surface area contributed by atoms with E-state index in [1.165, 1.54) is 19.3 Å². The third-order valence-electron chi connectivity index (χ3n) is 4.95. The molecule has 1 amide bonds. The summed E-state index contributed by atoms with van der Waals surface area (Å²) in [6.07, 6.45) is 13.3. The standard InChI is InChI=1S/C18H28N4O2/c23-17(21-16-6-2-1-3-7-16)13-22-10-4-5-15(12-22)14-24-18-11-19-8-9-20-18/h8-9,11,15-16H,1-7,10,12-14H2,(H,21,23). The van der Waals surface area contributed by atoms with Crippen LogP contribution in [-0.2, 0) is 4.79 Å². The molecule has 0 aromatic carbocycles. The van der Waals surface area contributed by atoms with Gasteiger partial charge in [0.25, 0.3) is 0 Å². The molecule has 2 heterocycles. The molecule has 0 spiro atoms. The van der Waals surface area contributed by atoms with Gasteiger partial charge in [-0.1, -0.05) is 19.3 Å². The van der Waals surface area contributed by atoms with Crippen LogP contribution in [0.25, 0.3) is 0 Å². The average molecular weight is 332 g/mol. The number of hydrogen-bond acceptors (Lipinski definition) is 5. The Bertz CT molecular complexity index is 505. The molecule has 1 N–H and O–H groups in total. The quantitative estimate of drug-likeness (QED) is 0.863. The molecular weight excluding hydrogens is 304 g/mol. The first-order valence-corrected chi connectivity index (χ1v) is 9.20. The first-order chi connectivity index (χ1) is 11.8. The zero-order valence-corrected chi connectivity index (χ0v) is 14.3. The van der Waals surface area contributed by atoms with Crippen molar-refractivity contribution in [2.45, 2.75) is 51.0 Å². The summed E-state index contributed by atoms with van der Waals surface area (Å²) in [6.45, 7) is 3.07. The minimum Gasteiger partial charge on any atom is -0.476 e. The van der Waals surface area contributed by atoms with E-state index in [4.69, 9.17) is 4.74 Å². The van der Waals surface area contributed by atoms with Crippen LogP contribution in [0.2, 0.25) is 0 Å². The van der Waals surface area contributed by atoms with Crippen molar-refractivity contribution in [1.82, 2.24) is 20.2 Å². The van der Waals surface area contributed by atoms with Gasteiger partial charge >= 0.3 is 0 Å². The lowest BCUT2D eigenvalue weighted by Gasteiger charge is -2.32. The Labute approximate surface area is 144 Å². The van der Waals surface area contributed by atoms with Crippen molar-refractivity contribution in [2.24, 2.45) is 5.92 Å². The monoisotopic (exact) mass is 332 g/mol. The van der Waals surface area contributed by atoms with Crippen LogP contribution < -0.4 is 10.1 Å². The molecule has 1 unspecified atom stereocenters. The highest BCUT2D eigenvalue weighted by Gasteiger charge is 2.23. The van der Waals surface area contributed by atoms with E-state index in [0.29, 0.717) is 31.0 Å². The number of nitrogens with zero attached hydrogens (tertiary/aromatic N) is 3. The van der Waals surface area contributed by atoms with Crippen molar-refractivity contribution in [3.05, 3.63) is 18.6 Å². The highest BCUT2D eigenvalue weighted by Crippen LogP contribution is 2.19. The molecule has 0 bridgehead atoms. The Kier molecular flexibility index (Phi) is 6.41. The van der Waals surface area contributed by atoms with Crippen LogP contribution in [0.1, 0.15) is 44.9 Å². The fraction of sp³-hybridized carbons (Fsp3) is 0.722. The van der Waals surface area contributed by atoms with Gasteiger partial charge in [-0.2, -0.15) is 0 Å². The van der Waals surface area contributed by atoms with Crippen molar-refractivity contribution >= 4 is 5.91 Å². The largest absolute Gasteiger partial charge is 0.476 e. The van der Waals surface area contributed by atoms with Crippen LogP contribution in [0.15, 0.2) is 18.6 Å². The van der Waals surface area contributed by atoms with Gasteiger partial charge in [-0.05, 0) is 32.2 Å². The molecule has 6 nitrogen and oxygen atoms in total. The highest BCUT2D eigenvalue weighted by molar-refractivity contribution is 5.78. The van der Waals surface area contributed by atoms with Gasteiger partial charge in [0, 0.05) is 30.9 Å². The Morgan fingerprint density at radius 2 is 2.08 bits per heavy atom. The molecular formula is C18H28N4O2. The Hall–Kier alpha value is -1.69. The molecule has 1 aliphatic heterocycles. The van der Waals surface area contributed by atoms with Gasteiger partial charge in [-0.25, -0.2) is 4.98 Å². The second-order valence-corrected chi connectivity index (χ2v) is 7.00. The van der Waals surface area contributed by atoms with Gasteiger partial charge in [-0.15, -0.1) is 0 Å². The average Bonchev–Trinajstić information content (AvgIpc) is 2.62.